The molecule has 0 aromatic rings. The van der Waals surface area contributed by atoms with Crippen LogP contribution in [0.4, 0.5) is 0 Å². The molecule has 37 heavy (non-hydrogen) atoms. The molecule has 0 rings (SSSR count). The fourth-order valence-corrected chi connectivity index (χ4v) is 4.07. The van der Waals surface area contributed by atoms with Crippen molar-refractivity contribution < 1.29 is 24.9 Å². The molecule has 0 aliphatic heterocycles. The highest BCUT2D eigenvalue weighted by atomic mass is 16.5. The van der Waals surface area contributed by atoms with Crippen molar-refractivity contribution in [3.05, 3.63) is 12.2 Å². The molecule has 0 saturated carbocycles. The van der Waals surface area contributed by atoms with E-state index >= 15 is 0 Å². The fraction of sp³-hybridized carbons (Fsp3) is 0.906. The number of carbonyl (C=O) groups is 1. The summed E-state index contributed by atoms with van der Waals surface area (Å²) in [4.78, 5) is 11.8. The molecule has 0 bridgehead atoms. The Morgan fingerprint density at radius 2 is 0.973 bits per heavy atom. The van der Waals surface area contributed by atoms with Crippen LogP contribution in [-0.2, 0) is 9.53 Å². The number of carbonyl (C=O) groups excluding carboxylic acids is 1. The Labute approximate surface area is 230 Å². The van der Waals surface area contributed by atoms with Gasteiger partial charge in [0.25, 0.3) is 0 Å². The maximum Gasteiger partial charge on any atom is 0.305 e. The van der Waals surface area contributed by atoms with Gasteiger partial charge in [0.05, 0.1) is 19.8 Å². The number of aliphatic hydroxyl groups is 3. The molecule has 5 nitrogen and oxygen atoms in total. The molecule has 222 valence electrons. The fourth-order valence-electron chi connectivity index (χ4n) is 4.07. The Bertz CT molecular complexity index is 448. The van der Waals surface area contributed by atoms with E-state index in [1.165, 1.54) is 122 Å². The summed E-state index contributed by atoms with van der Waals surface area (Å²) in [6.07, 6.45) is 32.9. The molecule has 0 unspecified atom stereocenters. The Morgan fingerprint density at radius 1 is 0.595 bits per heavy atom. The van der Waals surface area contributed by atoms with Crippen LogP contribution in [0.25, 0.3) is 0 Å². The number of allylic oxidation sites excluding steroid dienone is 2. The largest absolute Gasteiger partial charge is 0.466 e. The van der Waals surface area contributed by atoms with Crippen LogP contribution in [0, 0.1) is 0 Å². The number of unbranched alkanes of at least 4 members (excludes halogenated alkanes) is 19. The molecule has 0 spiro atoms. The Morgan fingerprint density at radius 3 is 1.38 bits per heavy atom. The van der Waals surface area contributed by atoms with E-state index in [0.717, 1.165) is 19.3 Å². The first-order valence-corrected chi connectivity index (χ1v) is 15.8. The highest BCUT2D eigenvalue weighted by Crippen LogP contribution is 2.11. The van der Waals surface area contributed by atoms with Gasteiger partial charge in [0.1, 0.15) is 6.10 Å². The van der Waals surface area contributed by atoms with Gasteiger partial charge < -0.3 is 20.1 Å². The molecule has 0 heterocycles. The van der Waals surface area contributed by atoms with Crippen LogP contribution in [-0.4, -0.2) is 47.2 Å². The maximum atomic E-state index is 11.8. The molecule has 0 saturated heterocycles. The second-order valence-corrected chi connectivity index (χ2v) is 10.4. The lowest BCUT2D eigenvalue weighted by Gasteiger charge is -2.05. The lowest BCUT2D eigenvalue weighted by molar-refractivity contribution is -0.143. The molecule has 0 fully saturated rings. The second kappa shape index (κ2) is 35.1. The van der Waals surface area contributed by atoms with Crippen molar-refractivity contribution in [3.63, 3.8) is 0 Å². The van der Waals surface area contributed by atoms with E-state index in [0.29, 0.717) is 13.0 Å². The summed E-state index contributed by atoms with van der Waals surface area (Å²) in [7, 11) is 0. The van der Waals surface area contributed by atoms with E-state index in [9.17, 15) is 4.79 Å². The molecule has 3 N–H and O–H groups in total. The van der Waals surface area contributed by atoms with E-state index in [-0.39, 0.29) is 19.2 Å². The van der Waals surface area contributed by atoms with Gasteiger partial charge in [-0.15, -0.1) is 0 Å². The van der Waals surface area contributed by atoms with E-state index in [4.69, 9.17) is 20.1 Å². The summed E-state index contributed by atoms with van der Waals surface area (Å²) >= 11 is 0. The Hall–Kier alpha value is -0.910. The second-order valence-electron chi connectivity index (χ2n) is 10.4. The highest BCUT2D eigenvalue weighted by molar-refractivity contribution is 5.69. The van der Waals surface area contributed by atoms with Gasteiger partial charge in [0, 0.05) is 6.42 Å². The van der Waals surface area contributed by atoms with Crippen molar-refractivity contribution in [2.75, 3.05) is 19.8 Å². The minimum absolute atomic E-state index is 0.0113. The van der Waals surface area contributed by atoms with Crippen LogP contribution in [0.2, 0.25) is 0 Å². The maximum absolute atomic E-state index is 11.8. The third-order valence-corrected chi connectivity index (χ3v) is 6.58. The number of hydrogen-bond acceptors (Lipinski definition) is 5. The SMILES string of the molecule is CCCCCCCC/C=C\CCCCCCCC(=O)OCCCCCCCCCCC.OCC(O)CO. The quantitative estimate of drug-likeness (QED) is 0.0566. The molecule has 0 aliphatic rings. The van der Waals surface area contributed by atoms with Crippen LogP contribution in [0.5, 0.6) is 0 Å². The first-order valence-electron chi connectivity index (χ1n) is 15.8. The standard InChI is InChI=1S/C29H56O2.C3H8O3/c1-3-5-7-9-11-13-14-15-16-17-18-19-21-23-25-27-29(30)31-28-26-24-22-20-12-10-8-6-4-2;4-1-3(6)2-5/h15-16H,3-14,17-28H2,1-2H3;3-6H,1-2H2/b16-15-;. The molecule has 0 aromatic heterocycles. The Kier molecular flexibility index (Phi) is 36.3. The van der Waals surface area contributed by atoms with Gasteiger partial charge in [-0.1, -0.05) is 129 Å². The lowest BCUT2D eigenvalue weighted by Crippen LogP contribution is -2.15. The van der Waals surface area contributed by atoms with Gasteiger partial charge in [0.2, 0.25) is 0 Å². The van der Waals surface area contributed by atoms with Gasteiger partial charge in [-0.2, -0.15) is 0 Å². The summed E-state index contributed by atoms with van der Waals surface area (Å²) in [6, 6.07) is 0. The number of rotatable bonds is 27. The van der Waals surface area contributed by atoms with Gasteiger partial charge >= 0.3 is 5.97 Å². The number of esters is 1. The summed E-state index contributed by atoms with van der Waals surface area (Å²) < 4.78 is 5.37. The molecule has 0 radical (unpaired) electrons. The van der Waals surface area contributed by atoms with Crippen LogP contribution >= 0.6 is 0 Å². The van der Waals surface area contributed by atoms with Crippen molar-refractivity contribution in [1.29, 1.82) is 0 Å². The minimum atomic E-state index is -0.954. The van der Waals surface area contributed by atoms with Crippen LogP contribution in [0.3, 0.4) is 0 Å². The topological polar surface area (TPSA) is 87.0 Å². The van der Waals surface area contributed by atoms with E-state index in [1.54, 1.807) is 0 Å². The van der Waals surface area contributed by atoms with E-state index in [2.05, 4.69) is 26.0 Å². The predicted molar refractivity (Wildman–Crippen MR) is 158 cm³/mol. The molecule has 0 atom stereocenters. The van der Waals surface area contributed by atoms with Gasteiger partial charge in [-0.05, 0) is 38.5 Å². The first-order chi connectivity index (χ1) is 18.1. The van der Waals surface area contributed by atoms with Gasteiger partial charge in [0.15, 0.2) is 0 Å². The molecular formula is C32H64O5. The smallest absolute Gasteiger partial charge is 0.305 e. The highest BCUT2D eigenvalue weighted by Gasteiger charge is 2.02. The number of ether oxygens (including phenoxy) is 1. The van der Waals surface area contributed by atoms with Crippen LogP contribution < -0.4 is 0 Å². The van der Waals surface area contributed by atoms with E-state index < -0.39 is 6.10 Å². The molecule has 0 aromatic carbocycles. The summed E-state index contributed by atoms with van der Waals surface area (Å²) in [6.45, 7) is 4.43. The molecular weight excluding hydrogens is 464 g/mol. The Balaban J connectivity index is 0. The number of hydrogen-bond donors (Lipinski definition) is 3. The molecule has 0 aliphatic carbocycles. The molecule has 0 amide bonds. The zero-order valence-electron chi connectivity index (χ0n) is 24.8. The first kappa shape index (κ1) is 38.2. The summed E-state index contributed by atoms with van der Waals surface area (Å²) in [5.74, 6) is 0.0113. The summed E-state index contributed by atoms with van der Waals surface area (Å²) in [5, 5.41) is 24.0. The van der Waals surface area contributed by atoms with Gasteiger partial charge in [-0.25, -0.2) is 0 Å². The van der Waals surface area contributed by atoms with Crippen LogP contribution in [0.1, 0.15) is 162 Å². The minimum Gasteiger partial charge on any atom is -0.466 e. The lowest BCUT2D eigenvalue weighted by atomic mass is 10.1. The normalized spacial score (nSPS) is 11.2. The van der Waals surface area contributed by atoms with E-state index in [1.807, 2.05) is 0 Å². The zero-order chi connectivity index (χ0) is 27.7. The third kappa shape index (κ3) is 37.3. The predicted octanol–water partition coefficient (Wildman–Crippen LogP) is 8.43. The zero-order valence-corrected chi connectivity index (χ0v) is 24.8. The van der Waals surface area contributed by atoms with Crippen LogP contribution in [0.15, 0.2) is 12.2 Å². The third-order valence-electron chi connectivity index (χ3n) is 6.58. The summed E-state index contributed by atoms with van der Waals surface area (Å²) in [5.41, 5.74) is 0. The van der Waals surface area contributed by atoms with Crippen molar-refractivity contribution in [3.8, 4) is 0 Å². The van der Waals surface area contributed by atoms with Crippen molar-refractivity contribution >= 4 is 5.97 Å². The average Bonchev–Trinajstić information content (AvgIpc) is 2.91. The molecule has 5 heteroatoms. The van der Waals surface area contributed by atoms with Gasteiger partial charge in [-0.3, -0.25) is 4.79 Å². The average molecular weight is 529 g/mol. The van der Waals surface area contributed by atoms with Crippen molar-refractivity contribution in [1.82, 2.24) is 0 Å². The monoisotopic (exact) mass is 528 g/mol. The van der Waals surface area contributed by atoms with Crippen molar-refractivity contribution in [2.24, 2.45) is 0 Å². The number of aliphatic hydroxyl groups excluding tert-OH is 3. The van der Waals surface area contributed by atoms with Crippen molar-refractivity contribution in [2.45, 2.75) is 168 Å².